The number of hydrogen-bond acceptors (Lipinski definition) is 4. The van der Waals surface area contributed by atoms with Crippen molar-refractivity contribution in [2.75, 3.05) is 26.3 Å². The van der Waals surface area contributed by atoms with E-state index in [9.17, 15) is 0 Å². The quantitative estimate of drug-likeness (QED) is 0.744. The molecule has 0 saturated carbocycles. The van der Waals surface area contributed by atoms with E-state index in [1.807, 2.05) is 6.07 Å². The van der Waals surface area contributed by atoms with Gasteiger partial charge in [-0.15, -0.1) is 0 Å². The van der Waals surface area contributed by atoms with Gasteiger partial charge in [0.1, 0.15) is 0 Å². The highest BCUT2D eigenvalue weighted by atomic mass is 32.1. The summed E-state index contributed by atoms with van der Waals surface area (Å²) in [6.07, 6.45) is 2.15. The standard InChI is InChI=1S/C17H19N3OS/c1-13-16(12-19-7-9-21-10-8-19)22-17-18-15(11-20(13)17)14-5-3-2-4-6-14/h2-6,11H,7-10,12H2,1H3. The third-order valence-electron chi connectivity index (χ3n) is 4.19. The zero-order valence-corrected chi connectivity index (χ0v) is 13.5. The van der Waals surface area contributed by atoms with Crippen molar-refractivity contribution < 1.29 is 4.74 Å². The van der Waals surface area contributed by atoms with E-state index in [1.54, 1.807) is 11.3 Å². The Labute approximate surface area is 134 Å². The van der Waals surface area contributed by atoms with Crippen LogP contribution in [0.15, 0.2) is 36.5 Å². The van der Waals surface area contributed by atoms with E-state index < -0.39 is 0 Å². The lowest BCUT2D eigenvalue weighted by atomic mass is 10.2. The van der Waals surface area contributed by atoms with Crippen LogP contribution < -0.4 is 0 Å². The summed E-state index contributed by atoms with van der Waals surface area (Å²) in [4.78, 5) is 9.74. The van der Waals surface area contributed by atoms with Crippen LogP contribution in [0.25, 0.3) is 16.2 Å². The molecule has 4 rings (SSSR count). The van der Waals surface area contributed by atoms with Crippen molar-refractivity contribution in [1.29, 1.82) is 0 Å². The molecule has 3 aromatic rings. The molecule has 0 aliphatic carbocycles. The van der Waals surface area contributed by atoms with Crippen LogP contribution in [-0.4, -0.2) is 40.6 Å². The molecule has 0 amide bonds. The fourth-order valence-electron chi connectivity index (χ4n) is 2.85. The minimum Gasteiger partial charge on any atom is -0.379 e. The summed E-state index contributed by atoms with van der Waals surface area (Å²) in [5.74, 6) is 0. The summed E-state index contributed by atoms with van der Waals surface area (Å²) in [5.41, 5.74) is 3.53. The van der Waals surface area contributed by atoms with Gasteiger partial charge in [-0.1, -0.05) is 41.7 Å². The van der Waals surface area contributed by atoms with Crippen molar-refractivity contribution in [3.63, 3.8) is 0 Å². The molecule has 22 heavy (non-hydrogen) atoms. The molecule has 0 N–H and O–H groups in total. The molecule has 5 heteroatoms. The fraction of sp³-hybridized carbons (Fsp3) is 0.353. The molecule has 0 radical (unpaired) electrons. The van der Waals surface area contributed by atoms with Crippen LogP contribution in [0.2, 0.25) is 0 Å². The van der Waals surface area contributed by atoms with Gasteiger partial charge in [0.15, 0.2) is 4.96 Å². The van der Waals surface area contributed by atoms with E-state index in [0.29, 0.717) is 0 Å². The Morgan fingerprint density at radius 2 is 1.95 bits per heavy atom. The number of nitrogens with zero attached hydrogens (tertiary/aromatic N) is 3. The van der Waals surface area contributed by atoms with Crippen LogP contribution in [0.3, 0.4) is 0 Å². The first kappa shape index (κ1) is 13.9. The van der Waals surface area contributed by atoms with Gasteiger partial charge in [0.2, 0.25) is 0 Å². The molecule has 0 bridgehead atoms. The molecule has 1 aromatic carbocycles. The first-order valence-electron chi connectivity index (χ1n) is 7.64. The van der Waals surface area contributed by atoms with Crippen molar-refractivity contribution in [3.8, 4) is 11.3 Å². The van der Waals surface area contributed by atoms with E-state index in [4.69, 9.17) is 9.72 Å². The van der Waals surface area contributed by atoms with Crippen LogP contribution in [0, 0.1) is 6.92 Å². The highest BCUT2D eigenvalue weighted by Crippen LogP contribution is 2.28. The largest absolute Gasteiger partial charge is 0.379 e. The number of fused-ring (bicyclic) bond motifs is 1. The first-order valence-corrected chi connectivity index (χ1v) is 8.46. The molecule has 1 saturated heterocycles. The van der Waals surface area contributed by atoms with Crippen LogP contribution >= 0.6 is 11.3 Å². The average molecular weight is 313 g/mol. The molecule has 114 valence electrons. The Bertz CT molecular complexity index is 772. The Morgan fingerprint density at radius 3 is 2.68 bits per heavy atom. The van der Waals surface area contributed by atoms with Crippen LogP contribution in [0.4, 0.5) is 0 Å². The molecule has 0 spiro atoms. The van der Waals surface area contributed by atoms with Gasteiger partial charge in [-0.05, 0) is 6.92 Å². The maximum Gasteiger partial charge on any atom is 0.194 e. The highest BCUT2D eigenvalue weighted by molar-refractivity contribution is 7.17. The predicted molar refractivity (Wildman–Crippen MR) is 89.3 cm³/mol. The molecule has 1 aliphatic heterocycles. The maximum absolute atomic E-state index is 5.42. The summed E-state index contributed by atoms with van der Waals surface area (Å²) in [5, 5.41) is 0. The molecule has 4 nitrogen and oxygen atoms in total. The number of aromatic nitrogens is 2. The van der Waals surface area contributed by atoms with Gasteiger partial charge < -0.3 is 4.74 Å². The smallest absolute Gasteiger partial charge is 0.194 e. The van der Waals surface area contributed by atoms with Crippen molar-refractivity contribution >= 4 is 16.3 Å². The molecular weight excluding hydrogens is 294 g/mol. The topological polar surface area (TPSA) is 29.8 Å². The van der Waals surface area contributed by atoms with Gasteiger partial charge in [0.05, 0.1) is 18.9 Å². The number of thiazole rings is 1. The Balaban J connectivity index is 1.63. The molecule has 0 atom stereocenters. The number of hydrogen-bond donors (Lipinski definition) is 0. The summed E-state index contributed by atoms with van der Waals surface area (Å²) in [6, 6.07) is 10.4. The third kappa shape index (κ3) is 2.56. The van der Waals surface area contributed by atoms with E-state index in [0.717, 1.165) is 43.5 Å². The number of imidazole rings is 1. The predicted octanol–water partition coefficient (Wildman–Crippen LogP) is 3.20. The van der Waals surface area contributed by atoms with Crippen molar-refractivity contribution in [1.82, 2.24) is 14.3 Å². The van der Waals surface area contributed by atoms with Gasteiger partial charge in [-0.2, -0.15) is 0 Å². The van der Waals surface area contributed by atoms with E-state index in [-0.39, 0.29) is 0 Å². The van der Waals surface area contributed by atoms with Crippen molar-refractivity contribution in [3.05, 3.63) is 47.1 Å². The number of morpholine rings is 1. The molecule has 1 aliphatic rings. The lowest BCUT2D eigenvalue weighted by Crippen LogP contribution is -2.35. The van der Waals surface area contributed by atoms with Crippen molar-refractivity contribution in [2.24, 2.45) is 0 Å². The van der Waals surface area contributed by atoms with E-state index in [1.165, 1.54) is 16.1 Å². The number of aryl methyl sites for hydroxylation is 1. The van der Waals surface area contributed by atoms with Gasteiger partial charge in [0, 0.05) is 42.0 Å². The van der Waals surface area contributed by atoms with Crippen LogP contribution in [0.1, 0.15) is 10.6 Å². The molecule has 0 unspecified atom stereocenters. The SMILES string of the molecule is Cc1c(CN2CCOCC2)sc2nc(-c3ccccc3)cn12. The second kappa shape index (κ2) is 5.83. The van der Waals surface area contributed by atoms with Gasteiger partial charge in [-0.3, -0.25) is 9.30 Å². The average Bonchev–Trinajstić information content (AvgIpc) is 3.10. The monoisotopic (exact) mass is 313 g/mol. The fourth-order valence-corrected chi connectivity index (χ4v) is 4.00. The first-order chi connectivity index (χ1) is 10.8. The zero-order chi connectivity index (χ0) is 14.9. The Kier molecular flexibility index (Phi) is 3.70. The van der Waals surface area contributed by atoms with E-state index in [2.05, 4.69) is 46.7 Å². The lowest BCUT2D eigenvalue weighted by Gasteiger charge is -2.26. The second-order valence-electron chi connectivity index (χ2n) is 5.64. The molecule has 1 fully saturated rings. The summed E-state index contributed by atoms with van der Waals surface area (Å²) in [7, 11) is 0. The molecular formula is C17H19N3OS. The van der Waals surface area contributed by atoms with Crippen LogP contribution in [0.5, 0.6) is 0 Å². The van der Waals surface area contributed by atoms with Gasteiger partial charge in [-0.25, -0.2) is 4.98 Å². The second-order valence-corrected chi connectivity index (χ2v) is 6.71. The van der Waals surface area contributed by atoms with Gasteiger partial charge >= 0.3 is 0 Å². The van der Waals surface area contributed by atoms with Crippen molar-refractivity contribution in [2.45, 2.75) is 13.5 Å². The normalized spacial score (nSPS) is 16.4. The lowest BCUT2D eigenvalue weighted by molar-refractivity contribution is 0.0345. The number of benzene rings is 1. The summed E-state index contributed by atoms with van der Waals surface area (Å²) < 4.78 is 7.65. The Morgan fingerprint density at radius 1 is 1.18 bits per heavy atom. The maximum atomic E-state index is 5.42. The molecule has 2 aromatic heterocycles. The number of ether oxygens (including phenoxy) is 1. The third-order valence-corrected chi connectivity index (χ3v) is 5.33. The molecule has 3 heterocycles. The minimum atomic E-state index is 0.847. The highest BCUT2D eigenvalue weighted by Gasteiger charge is 2.17. The van der Waals surface area contributed by atoms with Gasteiger partial charge in [0.25, 0.3) is 0 Å². The number of rotatable bonds is 3. The van der Waals surface area contributed by atoms with E-state index >= 15 is 0 Å². The minimum absolute atomic E-state index is 0.847. The Hall–Kier alpha value is -1.69. The van der Waals surface area contributed by atoms with Crippen LogP contribution in [-0.2, 0) is 11.3 Å². The summed E-state index contributed by atoms with van der Waals surface area (Å²) in [6.45, 7) is 6.93. The zero-order valence-electron chi connectivity index (χ0n) is 12.7. The summed E-state index contributed by atoms with van der Waals surface area (Å²) >= 11 is 1.80.